The van der Waals surface area contributed by atoms with Gasteiger partial charge in [-0.15, -0.1) is 18.3 Å². The fourth-order valence-electron chi connectivity index (χ4n) is 3.87. The minimum atomic E-state index is -4.85. The number of hydrogen-bond acceptors (Lipinski definition) is 7. The number of nitrogens with one attached hydrogen (secondary N) is 1. The van der Waals surface area contributed by atoms with E-state index in [1.165, 1.54) is 22.7 Å². The summed E-state index contributed by atoms with van der Waals surface area (Å²) in [5.74, 6) is 0.0108. The number of rotatable bonds is 4. The van der Waals surface area contributed by atoms with Crippen molar-refractivity contribution in [3.05, 3.63) is 48.5 Å². The highest BCUT2D eigenvalue weighted by molar-refractivity contribution is 5.93. The Morgan fingerprint density at radius 1 is 1.09 bits per heavy atom. The number of ether oxygens (including phenoxy) is 1. The normalized spacial score (nSPS) is 19.7. The molecule has 0 spiro atoms. The minimum Gasteiger partial charge on any atom is -0.405 e. The minimum absolute atomic E-state index is 0.0649. The first-order chi connectivity index (χ1) is 15.3. The van der Waals surface area contributed by atoms with Crippen molar-refractivity contribution in [2.45, 2.75) is 25.1 Å². The zero-order valence-electron chi connectivity index (χ0n) is 16.9. The second-order valence-corrected chi connectivity index (χ2v) is 7.60. The molecule has 5 rings (SSSR count). The Bertz CT molecular complexity index is 1290. The first kappa shape index (κ1) is 20.5. The Morgan fingerprint density at radius 3 is 2.59 bits per heavy atom. The van der Waals surface area contributed by atoms with E-state index in [4.69, 9.17) is 0 Å². The molecule has 0 bridgehead atoms. The van der Waals surface area contributed by atoms with Crippen molar-refractivity contribution < 1.29 is 23.0 Å². The number of likely N-dealkylation sites (N-methyl/N-ethyl adjacent to an activating group) is 1. The van der Waals surface area contributed by atoms with E-state index in [1.54, 1.807) is 6.07 Å². The monoisotopic (exact) mass is 444 g/mol. The summed E-state index contributed by atoms with van der Waals surface area (Å²) in [6, 6.07) is 12.7. The SMILES string of the molecule is CN1CC[C@@H](Nc2nc3ccccc3c3nc(-c4ccccc4OC(F)(F)F)nn23)C1O. The van der Waals surface area contributed by atoms with E-state index < -0.39 is 18.3 Å². The fraction of sp³-hybridized carbons (Fsp3) is 0.286. The van der Waals surface area contributed by atoms with Crippen LogP contribution in [0.2, 0.25) is 0 Å². The summed E-state index contributed by atoms with van der Waals surface area (Å²) in [6.45, 7) is 0.709. The van der Waals surface area contributed by atoms with Crippen LogP contribution in [-0.4, -0.2) is 61.8 Å². The summed E-state index contributed by atoms with van der Waals surface area (Å²) in [7, 11) is 1.82. The summed E-state index contributed by atoms with van der Waals surface area (Å²) < 4.78 is 44.3. The molecule has 1 aliphatic heterocycles. The molecule has 0 saturated carbocycles. The molecule has 11 heteroatoms. The maximum atomic E-state index is 12.9. The number of anilines is 1. The van der Waals surface area contributed by atoms with E-state index in [9.17, 15) is 18.3 Å². The third kappa shape index (κ3) is 3.69. The number of fused-ring (bicyclic) bond motifs is 3. The van der Waals surface area contributed by atoms with Crippen LogP contribution in [0.1, 0.15) is 6.42 Å². The van der Waals surface area contributed by atoms with E-state index in [0.717, 1.165) is 0 Å². The van der Waals surface area contributed by atoms with Gasteiger partial charge in [0.05, 0.1) is 17.1 Å². The molecule has 2 atom stereocenters. The highest BCUT2D eigenvalue weighted by atomic mass is 19.4. The predicted octanol–water partition coefficient (Wildman–Crippen LogP) is 3.28. The summed E-state index contributed by atoms with van der Waals surface area (Å²) in [6.07, 6.45) is -4.86. The van der Waals surface area contributed by atoms with Gasteiger partial charge in [-0.1, -0.05) is 24.3 Å². The number of aromatic nitrogens is 4. The van der Waals surface area contributed by atoms with Gasteiger partial charge in [0.25, 0.3) is 0 Å². The van der Waals surface area contributed by atoms with Gasteiger partial charge in [-0.2, -0.15) is 4.52 Å². The van der Waals surface area contributed by atoms with Gasteiger partial charge in [0, 0.05) is 11.9 Å². The Kier molecular flexibility index (Phi) is 4.86. The van der Waals surface area contributed by atoms with Crippen LogP contribution in [0.3, 0.4) is 0 Å². The third-order valence-corrected chi connectivity index (χ3v) is 5.45. The van der Waals surface area contributed by atoms with Gasteiger partial charge >= 0.3 is 6.36 Å². The Hall–Kier alpha value is -3.44. The molecule has 1 unspecified atom stereocenters. The smallest absolute Gasteiger partial charge is 0.405 e. The van der Waals surface area contributed by atoms with E-state index in [1.807, 2.05) is 36.2 Å². The molecule has 1 saturated heterocycles. The number of alkyl halides is 3. The van der Waals surface area contributed by atoms with Crippen molar-refractivity contribution in [2.24, 2.45) is 0 Å². The topological polar surface area (TPSA) is 87.8 Å². The van der Waals surface area contributed by atoms with E-state index in [-0.39, 0.29) is 17.4 Å². The Morgan fingerprint density at radius 2 is 1.84 bits per heavy atom. The van der Waals surface area contributed by atoms with Gasteiger partial charge in [0.15, 0.2) is 11.5 Å². The number of nitrogens with zero attached hydrogens (tertiary/aromatic N) is 5. The average molecular weight is 444 g/mol. The van der Waals surface area contributed by atoms with Crippen molar-refractivity contribution in [2.75, 3.05) is 18.9 Å². The van der Waals surface area contributed by atoms with Crippen molar-refractivity contribution in [3.8, 4) is 17.1 Å². The van der Waals surface area contributed by atoms with Gasteiger partial charge in [-0.05, 0) is 37.7 Å². The predicted molar refractivity (Wildman–Crippen MR) is 111 cm³/mol. The molecule has 1 aliphatic rings. The average Bonchev–Trinajstić information content (AvgIpc) is 3.33. The lowest BCUT2D eigenvalue weighted by molar-refractivity contribution is -0.274. The van der Waals surface area contributed by atoms with Crippen molar-refractivity contribution in [1.29, 1.82) is 0 Å². The zero-order chi connectivity index (χ0) is 22.5. The van der Waals surface area contributed by atoms with Gasteiger partial charge in [-0.25, -0.2) is 9.97 Å². The number of benzene rings is 2. The molecule has 2 aromatic carbocycles. The van der Waals surface area contributed by atoms with E-state index in [0.29, 0.717) is 35.5 Å². The van der Waals surface area contributed by atoms with E-state index in [2.05, 4.69) is 25.1 Å². The van der Waals surface area contributed by atoms with Crippen LogP contribution in [0.25, 0.3) is 27.9 Å². The number of halogens is 3. The second-order valence-electron chi connectivity index (χ2n) is 7.60. The lowest BCUT2D eigenvalue weighted by Gasteiger charge is -2.20. The highest BCUT2D eigenvalue weighted by Gasteiger charge is 2.33. The van der Waals surface area contributed by atoms with Gasteiger partial charge in [0.2, 0.25) is 5.95 Å². The number of hydrogen-bond donors (Lipinski definition) is 2. The Balaban J connectivity index is 1.66. The van der Waals surface area contributed by atoms with E-state index >= 15 is 0 Å². The standard InChI is InChI=1S/C21H19F3N6O2/c1-29-11-10-15(19(29)31)26-20-25-14-8-4-2-6-12(14)18-27-17(28-30(18)20)13-7-3-5-9-16(13)32-21(22,23)24/h2-9,15,19,31H,10-11H2,1H3,(H,25,26)/t15-,19?/m1/s1. The van der Waals surface area contributed by atoms with Crippen LogP contribution in [-0.2, 0) is 0 Å². The zero-order valence-corrected chi connectivity index (χ0v) is 16.9. The summed E-state index contributed by atoms with van der Waals surface area (Å²) in [4.78, 5) is 11.0. The van der Waals surface area contributed by atoms with Crippen molar-refractivity contribution in [3.63, 3.8) is 0 Å². The summed E-state index contributed by atoms with van der Waals surface area (Å²) in [5.41, 5.74) is 1.17. The lowest BCUT2D eigenvalue weighted by Crippen LogP contribution is -2.36. The molecule has 1 fully saturated rings. The number of para-hydroxylation sites is 2. The maximum absolute atomic E-state index is 12.9. The molecule has 0 aliphatic carbocycles. The summed E-state index contributed by atoms with van der Waals surface area (Å²) >= 11 is 0. The second kappa shape index (κ2) is 7.61. The van der Waals surface area contributed by atoms with Crippen LogP contribution in [0.15, 0.2) is 48.5 Å². The Labute approximate surface area is 180 Å². The number of aliphatic hydroxyl groups is 1. The first-order valence-corrected chi connectivity index (χ1v) is 9.96. The third-order valence-electron chi connectivity index (χ3n) is 5.45. The maximum Gasteiger partial charge on any atom is 0.573 e. The molecular formula is C21H19F3N6O2. The van der Waals surface area contributed by atoms with Gasteiger partial charge in [-0.3, -0.25) is 4.90 Å². The van der Waals surface area contributed by atoms with Crippen LogP contribution in [0, 0.1) is 0 Å². The highest BCUT2D eigenvalue weighted by Crippen LogP contribution is 2.33. The molecule has 0 radical (unpaired) electrons. The molecule has 32 heavy (non-hydrogen) atoms. The first-order valence-electron chi connectivity index (χ1n) is 9.96. The lowest BCUT2D eigenvalue weighted by atomic mass is 10.2. The molecule has 8 nitrogen and oxygen atoms in total. The van der Waals surface area contributed by atoms with Gasteiger partial charge in [0.1, 0.15) is 12.0 Å². The molecule has 2 N–H and O–H groups in total. The fourth-order valence-corrected chi connectivity index (χ4v) is 3.87. The van der Waals surface area contributed by atoms with Crippen molar-refractivity contribution >= 4 is 22.5 Å². The quantitative estimate of drug-likeness (QED) is 0.500. The number of likely N-dealkylation sites (tertiary alicyclic amines) is 1. The van der Waals surface area contributed by atoms with Crippen LogP contribution >= 0.6 is 0 Å². The van der Waals surface area contributed by atoms with Crippen molar-refractivity contribution in [1.82, 2.24) is 24.5 Å². The van der Waals surface area contributed by atoms with Gasteiger partial charge < -0.3 is 15.2 Å². The van der Waals surface area contributed by atoms with Crippen LogP contribution in [0.4, 0.5) is 19.1 Å². The number of aliphatic hydroxyl groups excluding tert-OH is 1. The molecular weight excluding hydrogens is 425 g/mol. The molecule has 4 aromatic rings. The molecule has 2 aromatic heterocycles. The van der Waals surface area contributed by atoms with Crippen LogP contribution in [0.5, 0.6) is 5.75 Å². The largest absolute Gasteiger partial charge is 0.573 e. The van der Waals surface area contributed by atoms with Crippen LogP contribution < -0.4 is 10.1 Å². The molecule has 166 valence electrons. The molecule has 3 heterocycles. The molecule has 0 amide bonds. The summed E-state index contributed by atoms with van der Waals surface area (Å²) in [5, 5.41) is 18.8.